The monoisotopic (exact) mass is 404 g/mol. The molecule has 0 N–H and O–H groups in total. The molecule has 0 heterocycles. The molecule has 0 spiro atoms. The minimum absolute atomic E-state index is 0.147. The predicted octanol–water partition coefficient (Wildman–Crippen LogP) is 6.19. The van der Waals surface area contributed by atoms with Crippen LogP contribution in [0.15, 0.2) is 42.0 Å². The third-order valence-electron chi connectivity index (χ3n) is 9.87. The molecule has 160 valence electrons. The van der Waals surface area contributed by atoms with E-state index in [2.05, 4.69) is 44.2 Å². The first kappa shape index (κ1) is 20.2. The summed E-state index contributed by atoms with van der Waals surface area (Å²) in [5.74, 6) is 3.55. The quantitative estimate of drug-likeness (QED) is 0.602. The van der Waals surface area contributed by atoms with Crippen molar-refractivity contribution < 1.29 is 9.59 Å². The van der Waals surface area contributed by atoms with Gasteiger partial charge in [0.25, 0.3) is 0 Å². The van der Waals surface area contributed by atoms with Crippen molar-refractivity contribution in [2.45, 2.75) is 72.1 Å². The highest BCUT2D eigenvalue weighted by molar-refractivity contribution is 5.91. The zero-order valence-electron chi connectivity index (χ0n) is 18.8. The van der Waals surface area contributed by atoms with Crippen LogP contribution in [0.1, 0.15) is 71.3 Å². The molecule has 0 aliphatic heterocycles. The number of carbonyl (C=O) groups excluding carboxylic acids is 2. The van der Waals surface area contributed by atoms with E-state index in [1.54, 1.807) is 0 Å². The highest BCUT2D eigenvalue weighted by Crippen LogP contribution is 2.68. The van der Waals surface area contributed by atoms with Gasteiger partial charge < -0.3 is 0 Å². The number of ketones is 2. The fraction of sp³-hybridized carbons (Fsp3) is 0.643. The highest BCUT2D eigenvalue weighted by atomic mass is 16.1. The normalized spacial score (nSPS) is 42.7. The third kappa shape index (κ3) is 2.97. The highest BCUT2D eigenvalue weighted by Gasteiger charge is 2.62. The number of Topliss-reactive ketones (excluding diaryl/α,β-unsaturated/α-hetero) is 1. The summed E-state index contributed by atoms with van der Waals surface area (Å²) in [7, 11) is 0. The van der Waals surface area contributed by atoms with E-state index in [9.17, 15) is 9.59 Å². The SMILES string of the molecule is CC(=O)[C@H]1CC[C@H]2[C@@H]3CCC4=CC(=O)CC[C@]4(C)[C@H]3C(Cc3ccccc3)C[C@]12C. The van der Waals surface area contributed by atoms with Gasteiger partial charge in [-0.2, -0.15) is 0 Å². The molecule has 0 saturated heterocycles. The Morgan fingerprint density at radius 2 is 1.83 bits per heavy atom. The Kier molecular flexibility index (Phi) is 4.84. The summed E-state index contributed by atoms with van der Waals surface area (Å²) in [6.07, 6.45) is 10.6. The lowest BCUT2D eigenvalue weighted by atomic mass is 9.43. The van der Waals surface area contributed by atoms with E-state index >= 15 is 0 Å². The van der Waals surface area contributed by atoms with Gasteiger partial charge in [0.05, 0.1) is 0 Å². The van der Waals surface area contributed by atoms with Crippen molar-refractivity contribution in [3.63, 3.8) is 0 Å². The van der Waals surface area contributed by atoms with Crippen LogP contribution in [0.5, 0.6) is 0 Å². The summed E-state index contributed by atoms with van der Waals surface area (Å²) < 4.78 is 0. The largest absolute Gasteiger partial charge is 0.300 e. The molecular formula is C28H36O2. The second-order valence-electron chi connectivity index (χ2n) is 11.3. The Labute approximate surface area is 181 Å². The molecule has 30 heavy (non-hydrogen) atoms. The van der Waals surface area contributed by atoms with E-state index in [1.807, 2.05) is 13.0 Å². The van der Waals surface area contributed by atoms with Crippen molar-refractivity contribution in [3.8, 4) is 0 Å². The van der Waals surface area contributed by atoms with E-state index in [-0.39, 0.29) is 16.7 Å². The van der Waals surface area contributed by atoms with Gasteiger partial charge in [-0.3, -0.25) is 9.59 Å². The average molecular weight is 405 g/mol. The molecule has 4 aliphatic carbocycles. The van der Waals surface area contributed by atoms with E-state index < -0.39 is 0 Å². The molecule has 4 aliphatic rings. The molecule has 0 bridgehead atoms. The lowest BCUT2D eigenvalue weighted by molar-refractivity contribution is -0.133. The molecule has 1 unspecified atom stereocenters. The standard InChI is InChI=1S/C28H36O2/c1-18(29)24-11-12-25-23-10-9-21-16-22(30)13-14-27(21,2)26(23)20(17-28(24,25)3)15-19-7-5-4-6-8-19/h4-8,16,20,23-26H,9-15,17H2,1-3H3/t20?,23-,24+,25-,26-,27-,28+/m0/s1. The number of allylic oxidation sites excluding steroid dienone is 1. The van der Waals surface area contributed by atoms with Crippen LogP contribution in [-0.4, -0.2) is 11.6 Å². The van der Waals surface area contributed by atoms with Gasteiger partial charge in [0.1, 0.15) is 5.78 Å². The summed E-state index contributed by atoms with van der Waals surface area (Å²) in [5.41, 5.74) is 3.16. The number of hydrogen-bond acceptors (Lipinski definition) is 2. The summed E-state index contributed by atoms with van der Waals surface area (Å²) in [6, 6.07) is 10.9. The second-order valence-corrected chi connectivity index (χ2v) is 11.3. The van der Waals surface area contributed by atoms with Gasteiger partial charge in [0, 0.05) is 12.3 Å². The van der Waals surface area contributed by atoms with Gasteiger partial charge in [-0.25, -0.2) is 0 Å². The summed E-state index contributed by atoms with van der Waals surface area (Å²) in [6.45, 7) is 6.75. The van der Waals surface area contributed by atoms with Crippen molar-refractivity contribution in [1.82, 2.24) is 0 Å². The Hall–Kier alpha value is -1.70. The lowest BCUT2D eigenvalue weighted by Crippen LogP contribution is -2.55. The Morgan fingerprint density at radius 3 is 2.57 bits per heavy atom. The third-order valence-corrected chi connectivity index (χ3v) is 9.87. The van der Waals surface area contributed by atoms with Gasteiger partial charge in [0.15, 0.2) is 5.78 Å². The molecule has 0 radical (unpaired) electrons. The molecule has 5 rings (SSSR count). The molecule has 0 aromatic heterocycles. The first-order valence-electron chi connectivity index (χ1n) is 12.1. The maximum absolute atomic E-state index is 12.6. The summed E-state index contributed by atoms with van der Waals surface area (Å²) in [4.78, 5) is 24.8. The molecule has 3 saturated carbocycles. The van der Waals surface area contributed by atoms with Gasteiger partial charge in [-0.05, 0) is 98.0 Å². The van der Waals surface area contributed by atoms with Crippen molar-refractivity contribution in [3.05, 3.63) is 47.5 Å². The maximum Gasteiger partial charge on any atom is 0.155 e. The Bertz CT molecular complexity index is 883. The molecule has 2 nitrogen and oxygen atoms in total. The minimum Gasteiger partial charge on any atom is -0.300 e. The van der Waals surface area contributed by atoms with Gasteiger partial charge in [0.2, 0.25) is 0 Å². The number of carbonyl (C=O) groups is 2. The van der Waals surface area contributed by atoms with Gasteiger partial charge >= 0.3 is 0 Å². The zero-order chi connectivity index (χ0) is 21.1. The molecular weight excluding hydrogens is 368 g/mol. The topological polar surface area (TPSA) is 34.1 Å². The minimum atomic E-state index is 0.147. The first-order valence-corrected chi connectivity index (χ1v) is 12.1. The smallest absolute Gasteiger partial charge is 0.155 e. The van der Waals surface area contributed by atoms with Gasteiger partial charge in [-0.15, -0.1) is 0 Å². The zero-order valence-corrected chi connectivity index (χ0v) is 18.8. The van der Waals surface area contributed by atoms with Crippen molar-refractivity contribution >= 4 is 11.6 Å². The van der Waals surface area contributed by atoms with Crippen molar-refractivity contribution in [1.29, 1.82) is 0 Å². The van der Waals surface area contributed by atoms with Crippen LogP contribution in [0.3, 0.4) is 0 Å². The van der Waals surface area contributed by atoms with Gasteiger partial charge in [-0.1, -0.05) is 49.8 Å². The number of fused-ring (bicyclic) bond motifs is 5. The van der Waals surface area contributed by atoms with E-state index in [1.165, 1.54) is 24.0 Å². The summed E-state index contributed by atoms with van der Waals surface area (Å²) >= 11 is 0. The maximum atomic E-state index is 12.6. The number of rotatable bonds is 3. The van der Waals surface area contributed by atoms with Crippen LogP contribution in [0.25, 0.3) is 0 Å². The number of hydrogen-bond donors (Lipinski definition) is 0. The van der Waals surface area contributed by atoms with E-state index in [0.717, 1.165) is 32.1 Å². The second kappa shape index (κ2) is 7.18. The molecule has 2 heteroatoms. The lowest BCUT2D eigenvalue weighted by Gasteiger charge is -2.61. The van der Waals surface area contributed by atoms with Crippen LogP contribution in [0.2, 0.25) is 0 Å². The fourth-order valence-corrected chi connectivity index (χ4v) is 8.75. The van der Waals surface area contributed by atoms with Crippen LogP contribution in [0.4, 0.5) is 0 Å². The van der Waals surface area contributed by atoms with Crippen molar-refractivity contribution in [2.75, 3.05) is 0 Å². The average Bonchev–Trinajstić information content (AvgIpc) is 3.06. The van der Waals surface area contributed by atoms with Crippen LogP contribution < -0.4 is 0 Å². The molecule has 1 aromatic carbocycles. The van der Waals surface area contributed by atoms with Crippen LogP contribution in [0, 0.1) is 40.4 Å². The van der Waals surface area contributed by atoms with Crippen LogP contribution in [-0.2, 0) is 16.0 Å². The molecule has 1 aromatic rings. The molecule has 7 atom stereocenters. The Balaban J connectivity index is 1.58. The first-order chi connectivity index (χ1) is 14.3. The fourth-order valence-electron chi connectivity index (χ4n) is 8.75. The molecule has 0 amide bonds. The molecule has 3 fully saturated rings. The van der Waals surface area contributed by atoms with E-state index in [4.69, 9.17) is 0 Å². The Morgan fingerprint density at radius 1 is 1.07 bits per heavy atom. The predicted molar refractivity (Wildman–Crippen MR) is 120 cm³/mol. The summed E-state index contributed by atoms with van der Waals surface area (Å²) in [5, 5.41) is 0. The van der Waals surface area contributed by atoms with Crippen LogP contribution >= 0.6 is 0 Å². The van der Waals surface area contributed by atoms with E-state index in [0.29, 0.717) is 41.7 Å². The number of benzene rings is 1. The van der Waals surface area contributed by atoms with Crippen molar-refractivity contribution in [2.24, 2.45) is 40.4 Å².